The molecule has 2 unspecified atom stereocenters. The van der Waals surface area contributed by atoms with Crippen molar-refractivity contribution in [3.63, 3.8) is 0 Å². The van der Waals surface area contributed by atoms with E-state index < -0.39 is 10.0 Å². The largest absolute Gasteiger partial charge is 0.491 e. The summed E-state index contributed by atoms with van der Waals surface area (Å²) in [5.41, 5.74) is 6.80. The smallest absolute Gasteiger partial charge is 0.243 e. The number of hydrogen-bond acceptors (Lipinski definition) is 4. The van der Waals surface area contributed by atoms with E-state index in [0.29, 0.717) is 18.0 Å². The molecule has 1 heterocycles. The molecular formula is C17H28N2O3S. The third-order valence-corrected chi connectivity index (χ3v) is 6.17. The average molecular weight is 340 g/mol. The molecule has 2 atom stereocenters. The van der Waals surface area contributed by atoms with Gasteiger partial charge < -0.3 is 10.5 Å². The lowest BCUT2D eigenvalue weighted by Crippen LogP contribution is -2.44. The van der Waals surface area contributed by atoms with E-state index in [1.165, 1.54) is 0 Å². The van der Waals surface area contributed by atoms with Crippen molar-refractivity contribution in [2.24, 2.45) is 11.7 Å². The van der Waals surface area contributed by atoms with Crippen molar-refractivity contribution < 1.29 is 13.2 Å². The third-order valence-electron chi connectivity index (χ3n) is 4.31. The first-order chi connectivity index (χ1) is 10.7. The molecule has 0 aromatic heterocycles. The molecule has 1 aliphatic rings. The first-order valence-corrected chi connectivity index (χ1v) is 9.69. The minimum absolute atomic E-state index is 0.0107. The molecule has 0 bridgehead atoms. The fourth-order valence-electron chi connectivity index (χ4n) is 2.94. The summed E-state index contributed by atoms with van der Waals surface area (Å²) < 4.78 is 33.0. The molecule has 0 radical (unpaired) electrons. The van der Waals surface area contributed by atoms with Gasteiger partial charge in [0.25, 0.3) is 0 Å². The van der Waals surface area contributed by atoms with Gasteiger partial charge in [-0.1, -0.05) is 0 Å². The Morgan fingerprint density at radius 1 is 1.30 bits per heavy atom. The summed E-state index contributed by atoms with van der Waals surface area (Å²) in [7, 11) is -3.47. The number of benzene rings is 1. The van der Waals surface area contributed by atoms with Gasteiger partial charge in [0, 0.05) is 19.1 Å². The van der Waals surface area contributed by atoms with Gasteiger partial charge in [0.15, 0.2) is 0 Å². The summed E-state index contributed by atoms with van der Waals surface area (Å²) in [5, 5.41) is 0. The maximum absolute atomic E-state index is 12.9. The summed E-state index contributed by atoms with van der Waals surface area (Å²) >= 11 is 0. The van der Waals surface area contributed by atoms with E-state index in [1.807, 2.05) is 27.7 Å². The van der Waals surface area contributed by atoms with Gasteiger partial charge in [0.05, 0.1) is 11.0 Å². The second kappa shape index (κ2) is 7.20. The predicted molar refractivity (Wildman–Crippen MR) is 92.1 cm³/mol. The van der Waals surface area contributed by atoms with Crippen LogP contribution >= 0.6 is 0 Å². The van der Waals surface area contributed by atoms with Gasteiger partial charge >= 0.3 is 0 Å². The zero-order chi connectivity index (χ0) is 17.2. The third kappa shape index (κ3) is 4.25. The van der Waals surface area contributed by atoms with Crippen molar-refractivity contribution in [3.8, 4) is 5.75 Å². The second-order valence-electron chi connectivity index (χ2n) is 6.72. The highest BCUT2D eigenvalue weighted by Gasteiger charge is 2.31. The van der Waals surface area contributed by atoms with Crippen LogP contribution in [0, 0.1) is 12.8 Å². The van der Waals surface area contributed by atoms with Crippen LogP contribution in [0.1, 0.15) is 39.2 Å². The Balaban J connectivity index is 2.24. The minimum Gasteiger partial charge on any atom is -0.491 e. The quantitative estimate of drug-likeness (QED) is 0.894. The fraction of sp³-hybridized carbons (Fsp3) is 0.647. The molecular weight excluding hydrogens is 312 g/mol. The molecule has 130 valence electrons. The second-order valence-corrected chi connectivity index (χ2v) is 8.66. The molecule has 2 rings (SSSR count). The van der Waals surface area contributed by atoms with Crippen LogP contribution in [0.25, 0.3) is 0 Å². The first-order valence-electron chi connectivity index (χ1n) is 8.25. The normalized spacial score (nSPS) is 21.4. The number of nitrogens with two attached hydrogens (primary N) is 1. The lowest BCUT2D eigenvalue weighted by atomic mass is 9.93. The standard InChI is InChI=1S/C17H28N2O3S/c1-12(2)22-17-8-7-16(10-13(17)3)23(20,21)19-9-5-6-15(11-19)14(4)18/h7-8,10,12,14-15H,5-6,9,11,18H2,1-4H3. The van der Waals surface area contributed by atoms with E-state index in [1.54, 1.807) is 22.5 Å². The summed E-state index contributed by atoms with van der Waals surface area (Å²) in [6.45, 7) is 8.79. The van der Waals surface area contributed by atoms with E-state index in [0.717, 1.165) is 24.2 Å². The molecule has 2 N–H and O–H groups in total. The Morgan fingerprint density at radius 3 is 2.57 bits per heavy atom. The van der Waals surface area contributed by atoms with E-state index in [2.05, 4.69) is 0 Å². The van der Waals surface area contributed by atoms with Gasteiger partial charge in [-0.2, -0.15) is 4.31 Å². The van der Waals surface area contributed by atoms with Crippen molar-refractivity contribution in [1.29, 1.82) is 0 Å². The molecule has 6 heteroatoms. The van der Waals surface area contributed by atoms with Gasteiger partial charge in [-0.05, 0) is 70.2 Å². The Hall–Kier alpha value is -1.11. The molecule has 0 amide bonds. The topological polar surface area (TPSA) is 72.6 Å². The van der Waals surface area contributed by atoms with Crippen LogP contribution in [0.5, 0.6) is 5.75 Å². The van der Waals surface area contributed by atoms with Crippen LogP contribution in [-0.4, -0.2) is 38.0 Å². The Bertz CT molecular complexity index is 641. The zero-order valence-corrected chi connectivity index (χ0v) is 15.3. The lowest BCUT2D eigenvalue weighted by Gasteiger charge is -2.33. The van der Waals surface area contributed by atoms with Crippen molar-refractivity contribution in [2.45, 2.75) is 57.6 Å². The lowest BCUT2D eigenvalue weighted by molar-refractivity contribution is 0.240. The maximum Gasteiger partial charge on any atom is 0.243 e. The molecule has 5 nitrogen and oxygen atoms in total. The molecule has 1 aromatic rings. The van der Waals surface area contributed by atoms with Gasteiger partial charge in [-0.3, -0.25) is 0 Å². The molecule has 1 aliphatic heterocycles. The first kappa shape index (κ1) is 18.2. The molecule has 0 saturated carbocycles. The maximum atomic E-state index is 12.9. The number of rotatable bonds is 5. The van der Waals surface area contributed by atoms with Crippen LogP contribution in [0.15, 0.2) is 23.1 Å². The summed E-state index contributed by atoms with van der Waals surface area (Å²) in [6.07, 6.45) is 1.91. The monoisotopic (exact) mass is 340 g/mol. The molecule has 0 aliphatic carbocycles. The van der Waals surface area contributed by atoms with Crippen LogP contribution in [-0.2, 0) is 10.0 Å². The van der Waals surface area contributed by atoms with E-state index in [9.17, 15) is 8.42 Å². The van der Waals surface area contributed by atoms with Gasteiger partial charge in [0.1, 0.15) is 5.75 Å². The van der Waals surface area contributed by atoms with E-state index in [-0.39, 0.29) is 18.1 Å². The molecule has 1 fully saturated rings. The molecule has 1 aromatic carbocycles. The van der Waals surface area contributed by atoms with Crippen molar-refractivity contribution in [1.82, 2.24) is 4.31 Å². The van der Waals surface area contributed by atoms with Crippen LogP contribution < -0.4 is 10.5 Å². The van der Waals surface area contributed by atoms with Crippen LogP contribution in [0.2, 0.25) is 0 Å². The van der Waals surface area contributed by atoms with Crippen molar-refractivity contribution in [2.75, 3.05) is 13.1 Å². The zero-order valence-electron chi connectivity index (χ0n) is 14.5. The molecule has 1 saturated heterocycles. The summed E-state index contributed by atoms with van der Waals surface area (Å²) in [5.74, 6) is 0.953. The summed E-state index contributed by atoms with van der Waals surface area (Å²) in [6, 6.07) is 5.09. The Kier molecular flexibility index (Phi) is 5.70. The highest BCUT2D eigenvalue weighted by Crippen LogP contribution is 2.28. The van der Waals surface area contributed by atoms with Gasteiger partial charge in [0.2, 0.25) is 10.0 Å². The average Bonchev–Trinajstić information content (AvgIpc) is 2.49. The number of ether oxygens (including phenoxy) is 1. The number of piperidine rings is 1. The number of nitrogens with zero attached hydrogens (tertiary/aromatic N) is 1. The minimum atomic E-state index is -3.47. The Labute approximate surface area is 139 Å². The molecule has 23 heavy (non-hydrogen) atoms. The van der Waals surface area contributed by atoms with Crippen molar-refractivity contribution in [3.05, 3.63) is 23.8 Å². The van der Waals surface area contributed by atoms with Gasteiger partial charge in [-0.25, -0.2) is 8.42 Å². The number of hydrogen-bond donors (Lipinski definition) is 1. The summed E-state index contributed by atoms with van der Waals surface area (Å²) in [4.78, 5) is 0.330. The number of sulfonamides is 1. The highest BCUT2D eigenvalue weighted by atomic mass is 32.2. The van der Waals surface area contributed by atoms with Crippen LogP contribution in [0.4, 0.5) is 0 Å². The van der Waals surface area contributed by atoms with Crippen LogP contribution in [0.3, 0.4) is 0 Å². The Morgan fingerprint density at radius 2 is 2.00 bits per heavy atom. The molecule has 0 spiro atoms. The SMILES string of the molecule is Cc1cc(S(=O)(=O)N2CCCC(C(C)N)C2)ccc1OC(C)C. The van der Waals surface area contributed by atoms with E-state index >= 15 is 0 Å². The highest BCUT2D eigenvalue weighted by molar-refractivity contribution is 7.89. The van der Waals surface area contributed by atoms with E-state index in [4.69, 9.17) is 10.5 Å². The van der Waals surface area contributed by atoms with Gasteiger partial charge in [-0.15, -0.1) is 0 Å². The fourth-order valence-corrected chi connectivity index (χ4v) is 4.56. The predicted octanol–water partition coefficient (Wildman–Crippen LogP) is 2.53. The van der Waals surface area contributed by atoms with Crippen molar-refractivity contribution >= 4 is 10.0 Å². The number of aryl methyl sites for hydroxylation is 1.